The van der Waals surface area contributed by atoms with E-state index in [0.29, 0.717) is 6.42 Å². The SMILES string of the molecule is COC(=O)Cc1ccc(OC2CCCc3ccccc32)cc1. The lowest BCUT2D eigenvalue weighted by Gasteiger charge is -2.26. The second kappa shape index (κ2) is 6.65. The highest BCUT2D eigenvalue weighted by Gasteiger charge is 2.21. The minimum Gasteiger partial charge on any atom is -0.486 e. The van der Waals surface area contributed by atoms with E-state index in [0.717, 1.165) is 30.6 Å². The van der Waals surface area contributed by atoms with Gasteiger partial charge in [-0.2, -0.15) is 0 Å². The molecule has 0 N–H and O–H groups in total. The molecular weight excluding hydrogens is 276 g/mol. The van der Waals surface area contributed by atoms with Gasteiger partial charge in [0, 0.05) is 0 Å². The smallest absolute Gasteiger partial charge is 0.309 e. The van der Waals surface area contributed by atoms with Crippen molar-refractivity contribution in [3.05, 3.63) is 65.2 Å². The molecule has 2 aromatic rings. The first-order valence-electron chi connectivity index (χ1n) is 7.66. The van der Waals surface area contributed by atoms with Gasteiger partial charge in [0.25, 0.3) is 0 Å². The lowest BCUT2D eigenvalue weighted by Crippen LogP contribution is -2.15. The lowest BCUT2D eigenvalue weighted by molar-refractivity contribution is -0.139. The summed E-state index contributed by atoms with van der Waals surface area (Å²) in [7, 11) is 1.40. The van der Waals surface area contributed by atoms with Gasteiger partial charge < -0.3 is 9.47 Å². The molecule has 0 aliphatic heterocycles. The molecule has 0 aromatic heterocycles. The van der Waals surface area contributed by atoms with Gasteiger partial charge in [-0.05, 0) is 48.1 Å². The molecule has 0 amide bonds. The normalized spacial score (nSPS) is 16.7. The molecule has 1 aliphatic carbocycles. The first kappa shape index (κ1) is 14.6. The highest BCUT2D eigenvalue weighted by Crippen LogP contribution is 2.33. The molecule has 0 radical (unpaired) electrons. The molecule has 114 valence electrons. The number of fused-ring (bicyclic) bond motifs is 1. The van der Waals surface area contributed by atoms with Crippen LogP contribution in [0.15, 0.2) is 48.5 Å². The number of hydrogen-bond acceptors (Lipinski definition) is 3. The monoisotopic (exact) mass is 296 g/mol. The number of aryl methyl sites for hydroxylation is 1. The summed E-state index contributed by atoms with van der Waals surface area (Å²) in [5.41, 5.74) is 3.62. The fourth-order valence-corrected chi connectivity index (χ4v) is 2.92. The zero-order chi connectivity index (χ0) is 15.4. The maximum absolute atomic E-state index is 11.3. The standard InChI is InChI=1S/C19H20O3/c1-21-19(20)13-14-9-11-16(12-10-14)22-18-8-4-6-15-5-2-3-7-17(15)18/h2-3,5,7,9-12,18H,4,6,8,13H2,1H3. The summed E-state index contributed by atoms with van der Waals surface area (Å²) in [4.78, 5) is 11.3. The first-order chi connectivity index (χ1) is 10.8. The Bertz CT molecular complexity index is 646. The van der Waals surface area contributed by atoms with E-state index in [1.807, 2.05) is 24.3 Å². The minimum atomic E-state index is -0.227. The zero-order valence-corrected chi connectivity index (χ0v) is 12.7. The summed E-state index contributed by atoms with van der Waals surface area (Å²) in [6, 6.07) is 16.2. The first-order valence-corrected chi connectivity index (χ1v) is 7.66. The Morgan fingerprint density at radius 3 is 2.68 bits per heavy atom. The Morgan fingerprint density at radius 2 is 1.91 bits per heavy atom. The van der Waals surface area contributed by atoms with Crippen molar-refractivity contribution in [2.24, 2.45) is 0 Å². The van der Waals surface area contributed by atoms with E-state index >= 15 is 0 Å². The van der Waals surface area contributed by atoms with Crippen LogP contribution < -0.4 is 4.74 Å². The molecule has 3 rings (SSSR count). The maximum atomic E-state index is 11.3. The van der Waals surface area contributed by atoms with Crippen molar-refractivity contribution >= 4 is 5.97 Å². The highest BCUT2D eigenvalue weighted by molar-refractivity contribution is 5.72. The van der Waals surface area contributed by atoms with E-state index in [9.17, 15) is 4.79 Å². The van der Waals surface area contributed by atoms with Gasteiger partial charge in [0.05, 0.1) is 13.5 Å². The predicted molar refractivity (Wildman–Crippen MR) is 84.9 cm³/mol. The van der Waals surface area contributed by atoms with Gasteiger partial charge >= 0.3 is 5.97 Å². The fourth-order valence-electron chi connectivity index (χ4n) is 2.92. The van der Waals surface area contributed by atoms with E-state index in [2.05, 4.69) is 29.0 Å². The molecule has 0 saturated heterocycles. The molecule has 0 fully saturated rings. The van der Waals surface area contributed by atoms with Crippen molar-refractivity contribution < 1.29 is 14.3 Å². The van der Waals surface area contributed by atoms with Gasteiger partial charge in [0.1, 0.15) is 11.9 Å². The average molecular weight is 296 g/mol. The van der Waals surface area contributed by atoms with Crippen molar-refractivity contribution in [2.45, 2.75) is 31.8 Å². The summed E-state index contributed by atoms with van der Waals surface area (Å²) in [6.45, 7) is 0. The fraction of sp³-hybridized carbons (Fsp3) is 0.316. The third kappa shape index (κ3) is 3.30. The molecule has 3 nitrogen and oxygen atoms in total. The van der Waals surface area contributed by atoms with Crippen LogP contribution in [-0.4, -0.2) is 13.1 Å². The number of rotatable bonds is 4. The Morgan fingerprint density at radius 1 is 1.14 bits per heavy atom. The minimum absolute atomic E-state index is 0.122. The van der Waals surface area contributed by atoms with Crippen molar-refractivity contribution in [1.82, 2.24) is 0 Å². The Hall–Kier alpha value is -2.29. The van der Waals surface area contributed by atoms with E-state index in [4.69, 9.17) is 4.74 Å². The molecular formula is C19H20O3. The molecule has 3 heteroatoms. The van der Waals surface area contributed by atoms with Crippen LogP contribution >= 0.6 is 0 Å². The number of carbonyl (C=O) groups is 1. The van der Waals surface area contributed by atoms with Gasteiger partial charge in [0.2, 0.25) is 0 Å². The number of benzene rings is 2. The molecule has 1 aliphatic rings. The van der Waals surface area contributed by atoms with Crippen LogP contribution in [0.3, 0.4) is 0 Å². The van der Waals surface area contributed by atoms with E-state index < -0.39 is 0 Å². The number of hydrogen-bond donors (Lipinski definition) is 0. The van der Waals surface area contributed by atoms with E-state index in [1.165, 1.54) is 18.2 Å². The molecule has 1 atom stereocenters. The van der Waals surface area contributed by atoms with Gasteiger partial charge in [-0.1, -0.05) is 36.4 Å². The Balaban J connectivity index is 1.70. The van der Waals surface area contributed by atoms with Crippen molar-refractivity contribution in [3.63, 3.8) is 0 Å². The molecule has 2 aromatic carbocycles. The summed E-state index contributed by atoms with van der Waals surface area (Å²) in [6.07, 6.45) is 3.75. The third-order valence-electron chi connectivity index (χ3n) is 4.09. The van der Waals surface area contributed by atoms with Gasteiger partial charge in [-0.15, -0.1) is 0 Å². The largest absolute Gasteiger partial charge is 0.486 e. The third-order valence-corrected chi connectivity index (χ3v) is 4.09. The van der Waals surface area contributed by atoms with Crippen molar-refractivity contribution in [3.8, 4) is 5.75 Å². The van der Waals surface area contributed by atoms with Gasteiger partial charge in [-0.25, -0.2) is 0 Å². The number of methoxy groups -OCH3 is 1. The van der Waals surface area contributed by atoms with Gasteiger partial charge in [0.15, 0.2) is 0 Å². The molecule has 22 heavy (non-hydrogen) atoms. The second-order valence-corrected chi connectivity index (χ2v) is 5.59. The summed E-state index contributed by atoms with van der Waals surface area (Å²) < 4.78 is 10.8. The predicted octanol–water partition coefficient (Wildman–Crippen LogP) is 3.86. The van der Waals surface area contributed by atoms with Crippen molar-refractivity contribution in [1.29, 1.82) is 0 Å². The number of ether oxygens (including phenoxy) is 2. The highest BCUT2D eigenvalue weighted by atomic mass is 16.5. The van der Waals surface area contributed by atoms with Crippen LogP contribution in [0, 0.1) is 0 Å². The van der Waals surface area contributed by atoms with Gasteiger partial charge in [-0.3, -0.25) is 4.79 Å². The number of carbonyl (C=O) groups excluding carboxylic acids is 1. The molecule has 0 bridgehead atoms. The average Bonchev–Trinajstić information content (AvgIpc) is 2.57. The topological polar surface area (TPSA) is 35.5 Å². The van der Waals surface area contributed by atoms with Crippen LogP contribution in [0.5, 0.6) is 5.75 Å². The quantitative estimate of drug-likeness (QED) is 0.804. The zero-order valence-electron chi connectivity index (χ0n) is 12.7. The maximum Gasteiger partial charge on any atom is 0.309 e. The van der Waals surface area contributed by atoms with Crippen LogP contribution in [-0.2, 0) is 22.4 Å². The second-order valence-electron chi connectivity index (χ2n) is 5.59. The lowest BCUT2D eigenvalue weighted by atomic mass is 9.89. The summed E-state index contributed by atoms with van der Waals surface area (Å²) >= 11 is 0. The van der Waals surface area contributed by atoms with E-state index in [1.54, 1.807) is 0 Å². The van der Waals surface area contributed by atoms with Crippen LogP contribution in [0.2, 0.25) is 0 Å². The van der Waals surface area contributed by atoms with Crippen LogP contribution in [0.1, 0.15) is 35.6 Å². The van der Waals surface area contributed by atoms with Crippen molar-refractivity contribution in [2.75, 3.05) is 7.11 Å². The Kier molecular flexibility index (Phi) is 4.42. The molecule has 0 saturated carbocycles. The Labute approximate surface area is 130 Å². The number of esters is 1. The summed E-state index contributed by atoms with van der Waals surface area (Å²) in [5.74, 6) is 0.616. The molecule has 1 unspecified atom stereocenters. The summed E-state index contributed by atoms with van der Waals surface area (Å²) in [5, 5.41) is 0. The molecule has 0 spiro atoms. The van der Waals surface area contributed by atoms with E-state index in [-0.39, 0.29) is 12.1 Å². The van der Waals surface area contributed by atoms with Crippen LogP contribution in [0.4, 0.5) is 0 Å². The van der Waals surface area contributed by atoms with Crippen LogP contribution in [0.25, 0.3) is 0 Å². The molecule has 0 heterocycles.